The van der Waals surface area contributed by atoms with E-state index in [1.807, 2.05) is 37.3 Å². The van der Waals surface area contributed by atoms with Crippen LogP contribution in [-0.2, 0) is 11.2 Å². The Kier molecular flexibility index (Phi) is 6.36. The van der Waals surface area contributed by atoms with Crippen LogP contribution in [0.5, 0.6) is 0 Å². The summed E-state index contributed by atoms with van der Waals surface area (Å²) in [5.41, 5.74) is 0.778. The Morgan fingerprint density at radius 2 is 1.97 bits per heavy atom. The number of aromatic nitrogens is 2. The van der Waals surface area contributed by atoms with Crippen LogP contribution in [0.3, 0.4) is 0 Å². The molecule has 3 aromatic rings. The van der Waals surface area contributed by atoms with Gasteiger partial charge in [0.25, 0.3) is 17.5 Å². The summed E-state index contributed by atoms with van der Waals surface area (Å²) in [4.78, 5) is 43.6. The molecule has 1 fully saturated rings. The molecule has 1 saturated heterocycles. The molecule has 4 rings (SSSR count). The van der Waals surface area contributed by atoms with Crippen molar-refractivity contribution in [2.75, 3.05) is 19.6 Å². The van der Waals surface area contributed by atoms with E-state index in [2.05, 4.69) is 10.1 Å². The minimum absolute atomic E-state index is 0.00875. The summed E-state index contributed by atoms with van der Waals surface area (Å²) in [6, 6.07) is 12.8. The third-order valence-electron chi connectivity index (χ3n) is 5.43. The SMILES string of the molecule is CC1CN(C(=O)Cc2noc(-c3ccccc3)n2)CCN1C(=O)c1ccc([N+](=O)[O-])cc1Cl. The second kappa shape index (κ2) is 9.37. The Labute approximate surface area is 193 Å². The first-order chi connectivity index (χ1) is 15.8. The van der Waals surface area contributed by atoms with E-state index >= 15 is 0 Å². The second-order valence-corrected chi connectivity index (χ2v) is 8.07. The molecule has 11 heteroatoms. The molecule has 1 aliphatic heterocycles. The van der Waals surface area contributed by atoms with Gasteiger partial charge in [-0.25, -0.2) is 0 Å². The first-order valence-electron chi connectivity index (χ1n) is 10.2. The molecule has 2 amide bonds. The third kappa shape index (κ3) is 4.85. The molecule has 0 bridgehead atoms. The molecule has 2 aromatic carbocycles. The summed E-state index contributed by atoms with van der Waals surface area (Å²) < 4.78 is 5.25. The van der Waals surface area contributed by atoms with Gasteiger partial charge in [-0.15, -0.1) is 0 Å². The highest BCUT2D eigenvalue weighted by Gasteiger charge is 2.32. The number of carbonyl (C=O) groups excluding carboxylic acids is 2. The van der Waals surface area contributed by atoms with Crippen molar-refractivity contribution < 1.29 is 19.0 Å². The average Bonchev–Trinajstić information content (AvgIpc) is 3.27. The number of nitro benzene ring substituents is 1. The van der Waals surface area contributed by atoms with Crippen molar-refractivity contribution in [3.05, 3.63) is 75.1 Å². The number of hydrogen-bond donors (Lipinski definition) is 0. The fourth-order valence-corrected chi connectivity index (χ4v) is 3.96. The van der Waals surface area contributed by atoms with E-state index in [1.54, 1.807) is 9.80 Å². The van der Waals surface area contributed by atoms with Gasteiger partial charge in [0.2, 0.25) is 5.91 Å². The molecule has 0 N–H and O–H groups in total. The standard InChI is InChI=1S/C22H20ClN5O5/c1-14-13-26(20(29)12-19-24-21(33-25-19)15-5-3-2-4-6-15)9-10-27(14)22(30)17-8-7-16(28(31)32)11-18(17)23/h2-8,11,14H,9-10,12-13H2,1H3. The molecule has 10 nitrogen and oxygen atoms in total. The Balaban J connectivity index is 1.38. The maximum absolute atomic E-state index is 13.0. The van der Waals surface area contributed by atoms with Crippen molar-refractivity contribution in [3.63, 3.8) is 0 Å². The lowest BCUT2D eigenvalue weighted by molar-refractivity contribution is -0.384. The molecule has 0 radical (unpaired) electrons. The highest BCUT2D eigenvalue weighted by atomic mass is 35.5. The number of amides is 2. The van der Waals surface area contributed by atoms with E-state index in [9.17, 15) is 19.7 Å². The molecule has 33 heavy (non-hydrogen) atoms. The topological polar surface area (TPSA) is 123 Å². The van der Waals surface area contributed by atoms with Crippen molar-refractivity contribution in [2.45, 2.75) is 19.4 Å². The van der Waals surface area contributed by atoms with E-state index in [0.29, 0.717) is 31.3 Å². The van der Waals surface area contributed by atoms with Gasteiger partial charge < -0.3 is 14.3 Å². The lowest BCUT2D eigenvalue weighted by Gasteiger charge is -2.40. The highest BCUT2D eigenvalue weighted by Crippen LogP contribution is 2.25. The van der Waals surface area contributed by atoms with Crippen molar-refractivity contribution in [3.8, 4) is 11.5 Å². The highest BCUT2D eigenvalue weighted by molar-refractivity contribution is 6.34. The van der Waals surface area contributed by atoms with Crippen LogP contribution in [0.4, 0.5) is 5.69 Å². The fraction of sp³-hybridized carbons (Fsp3) is 0.273. The Hall–Kier alpha value is -3.79. The van der Waals surface area contributed by atoms with Crippen LogP contribution >= 0.6 is 11.6 Å². The number of rotatable bonds is 5. The fourth-order valence-electron chi connectivity index (χ4n) is 3.70. The van der Waals surface area contributed by atoms with Crippen molar-refractivity contribution in [1.82, 2.24) is 19.9 Å². The molecule has 1 unspecified atom stereocenters. The molecular weight excluding hydrogens is 450 g/mol. The molecular formula is C22H20ClN5O5. The van der Waals surface area contributed by atoms with Gasteiger partial charge in [-0.05, 0) is 25.1 Å². The Morgan fingerprint density at radius 1 is 1.21 bits per heavy atom. The van der Waals surface area contributed by atoms with Gasteiger partial charge >= 0.3 is 0 Å². The number of hydrogen-bond acceptors (Lipinski definition) is 7. The monoisotopic (exact) mass is 469 g/mol. The number of non-ortho nitro benzene ring substituents is 1. The first kappa shape index (κ1) is 22.4. The summed E-state index contributed by atoms with van der Waals surface area (Å²) in [7, 11) is 0. The minimum Gasteiger partial charge on any atom is -0.338 e. The van der Waals surface area contributed by atoms with Gasteiger partial charge in [-0.2, -0.15) is 4.98 Å². The lowest BCUT2D eigenvalue weighted by Crippen LogP contribution is -2.55. The van der Waals surface area contributed by atoms with E-state index < -0.39 is 4.92 Å². The Bertz CT molecular complexity index is 1200. The third-order valence-corrected chi connectivity index (χ3v) is 5.75. The number of halogens is 1. The van der Waals surface area contributed by atoms with Gasteiger partial charge in [0.1, 0.15) is 0 Å². The largest absolute Gasteiger partial charge is 0.338 e. The molecule has 0 spiro atoms. The smallest absolute Gasteiger partial charge is 0.270 e. The zero-order valence-corrected chi connectivity index (χ0v) is 18.4. The molecule has 1 aliphatic rings. The summed E-state index contributed by atoms with van der Waals surface area (Å²) in [5.74, 6) is 0.146. The van der Waals surface area contributed by atoms with Crippen molar-refractivity contribution in [2.24, 2.45) is 0 Å². The number of nitro groups is 1. The molecule has 170 valence electrons. The van der Waals surface area contributed by atoms with Gasteiger partial charge in [0, 0.05) is 43.4 Å². The van der Waals surface area contributed by atoms with Crippen LogP contribution in [0.25, 0.3) is 11.5 Å². The second-order valence-electron chi connectivity index (χ2n) is 7.67. The number of benzene rings is 2. The van der Waals surface area contributed by atoms with Crippen molar-refractivity contribution >= 4 is 29.1 Å². The van der Waals surface area contributed by atoms with E-state index in [1.165, 1.54) is 12.1 Å². The van der Waals surface area contributed by atoms with E-state index in [4.69, 9.17) is 16.1 Å². The van der Waals surface area contributed by atoms with Crippen LogP contribution < -0.4 is 0 Å². The van der Waals surface area contributed by atoms with Gasteiger partial charge in [0.05, 0.1) is 21.9 Å². The van der Waals surface area contributed by atoms with Gasteiger partial charge in [0.15, 0.2) is 5.82 Å². The zero-order chi connectivity index (χ0) is 23.5. The quantitative estimate of drug-likeness (QED) is 0.415. The molecule has 1 atom stereocenters. The van der Waals surface area contributed by atoms with E-state index in [-0.39, 0.29) is 40.6 Å². The van der Waals surface area contributed by atoms with Crippen LogP contribution in [0.1, 0.15) is 23.1 Å². The maximum Gasteiger partial charge on any atom is 0.270 e. The van der Waals surface area contributed by atoms with Crippen molar-refractivity contribution in [1.29, 1.82) is 0 Å². The van der Waals surface area contributed by atoms with Gasteiger partial charge in [-0.3, -0.25) is 19.7 Å². The summed E-state index contributed by atoms with van der Waals surface area (Å²) in [6.07, 6.45) is -0.00875. The van der Waals surface area contributed by atoms with Crippen LogP contribution in [0, 0.1) is 10.1 Å². The maximum atomic E-state index is 13.0. The predicted octanol–water partition coefficient (Wildman–Crippen LogP) is 3.21. The van der Waals surface area contributed by atoms with E-state index in [0.717, 1.165) is 11.6 Å². The summed E-state index contributed by atoms with van der Waals surface area (Å²) in [5, 5.41) is 14.8. The number of carbonyl (C=O) groups is 2. The predicted molar refractivity (Wildman–Crippen MR) is 119 cm³/mol. The Morgan fingerprint density at radius 3 is 2.64 bits per heavy atom. The van der Waals surface area contributed by atoms with Crippen LogP contribution in [-0.4, -0.2) is 62.4 Å². The lowest BCUT2D eigenvalue weighted by atomic mass is 10.1. The average molecular weight is 470 g/mol. The van der Waals surface area contributed by atoms with Crippen LogP contribution in [0.15, 0.2) is 53.1 Å². The minimum atomic E-state index is -0.570. The zero-order valence-electron chi connectivity index (χ0n) is 17.7. The first-order valence-corrected chi connectivity index (χ1v) is 10.6. The normalized spacial score (nSPS) is 16.0. The number of nitrogens with zero attached hydrogens (tertiary/aromatic N) is 5. The van der Waals surface area contributed by atoms with Gasteiger partial charge in [-0.1, -0.05) is 35.0 Å². The molecule has 0 aliphatic carbocycles. The van der Waals surface area contributed by atoms with Crippen LogP contribution in [0.2, 0.25) is 5.02 Å². The molecule has 1 aromatic heterocycles. The molecule has 0 saturated carbocycles. The summed E-state index contributed by atoms with van der Waals surface area (Å²) >= 11 is 6.11. The summed E-state index contributed by atoms with van der Waals surface area (Å²) in [6.45, 7) is 2.81. The number of piperazine rings is 1. The molecule has 2 heterocycles.